The molecule has 0 aromatic heterocycles. The number of hydrogen-bond acceptors (Lipinski definition) is 3. The molecule has 5 heteroatoms. The zero-order chi connectivity index (χ0) is 13.1. The van der Waals surface area contributed by atoms with Crippen molar-refractivity contribution in [3.05, 3.63) is 34.1 Å². The van der Waals surface area contributed by atoms with Gasteiger partial charge in [0.15, 0.2) is 0 Å². The van der Waals surface area contributed by atoms with Crippen LogP contribution < -0.4 is 11.3 Å². The molecule has 0 amide bonds. The van der Waals surface area contributed by atoms with Gasteiger partial charge in [-0.3, -0.25) is 11.3 Å². The van der Waals surface area contributed by atoms with Gasteiger partial charge in [0.1, 0.15) is 5.82 Å². The number of hydrazine groups is 1. The van der Waals surface area contributed by atoms with Crippen molar-refractivity contribution in [3.8, 4) is 0 Å². The van der Waals surface area contributed by atoms with Gasteiger partial charge in [-0.2, -0.15) is 0 Å². The Kier molecular flexibility index (Phi) is 4.72. The molecular formula is C13H18BrFN2O. The van der Waals surface area contributed by atoms with Crippen molar-refractivity contribution in [1.29, 1.82) is 0 Å². The fraction of sp³-hybridized carbons (Fsp3) is 0.538. The van der Waals surface area contributed by atoms with Crippen LogP contribution in [0.4, 0.5) is 4.39 Å². The molecule has 1 aliphatic rings. The molecule has 1 heterocycles. The summed E-state index contributed by atoms with van der Waals surface area (Å²) in [6, 6.07) is 4.88. The van der Waals surface area contributed by atoms with E-state index in [1.807, 2.05) is 0 Å². The summed E-state index contributed by atoms with van der Waals surface area (Å²) in [7, 11) is 0. The van der Waals surface area contributed by atoms with Crippen LogP contribution in [0.1, 0.15) is 18.9 Å². The first-order valence-corrected chi connectivity index (χ1v) is 6.92. The van der Waals surface area contributed by atoms with E-state index < -0.39 is 0 Å². The second kappa shape index (κ2) is 6.10. The van der Waals surface area contributed by atoms with Gasteiger partial charge < -0.3 is 4.74 Å². The number of halogens is 2. The van der Waals surface area contributed by atoms with Gasteiger partial charge in [-0.25, -0.2) is 4.39 Å². The molecule has 0 saturated carbocycles. The summed E-state index contributed by atoms with van der Waals surface area (Å²) in [5, 5.41) is 0. The SMILES string of the molecule is CC1CCOC1C(Cc1cc(Br)ccc1F)NN. The van der Waals surface area contributed by atoms with Gasteiger partial charge in [0.2, 0.25) is 0 Å². The summed E-state index contributed by atoms with van der Waals surface area (Å²) >= 11 is 3.35. The Bertz CT molecular complexity index is 416. The van der Waals surface area contributed by atoms with Crippen molar-refractivity contribution in [2.45, 2.75) is 31.9 Å². The maximum Gasteiger partial charge on any atom is 0.126 e. The molecule has 0 radical (unpaired) electrons. The first kappa shape index (κ1) is 13.9. The third-order valence-electron chi connectivity index (χ3n) is 3.50. The second-order valence-corrected chi connectivity index (χ2v) is 5.73. The third-order valence-corrected chi connectivity index (χ3v) is 4.00. The van der Waals surface area contributed by atoms with E-state index in [1.54, 1.807) is 12.1 Å². The fourth-order valence-corrected chi connectivity index (χ4v) is 2.85. The van der Waals surface area contributed by atoms with Crippen molar-refractivity contribution in [2.24, 2.45) is 11.8 Å². The third kappa shape index (κ3) is 3.09. The summed E-state index contributed by atoms with van der Waals surface area (Å²) in [5.74, 6) is 5.83. The monoisotopic (exact) mass is 316 g/mol. The Hall–Kier alpha value is -0.490. The van der Waals surface area contributed by atoms with Gasteiger partial charge in [-0.05, 0) is 42.5 Å². The minimum atomic E-state index is -0.205. The maximum absolute atomic E-state index is 13.7. The first-order valence-electron chi connectivity index (χ1n) is 6.13. The van der Waals surface area contributed by atoms with E-state index in [4.69, 9.17) is 10.6 Å². The van der Waals surface area contributed by atoms with Gasteiger partial charge in [0.05, 0.1) is 12.1 Å². The van der Waals surface area contributed by atoms with Gasteiger partial charge in [0.25, 0.3) is 0 Å². The zero-order valence-corrected chi connectivity index (χ0v) is 11.9. The van der Waals surface area contributed by atoms with Crippen molar-refractivity contribution in [3.63, 3.8) is 0 Å². The molecule has 1 aliphatic heterocycles. The normalized spacial score (nSPS) is 25.3. The molecule has 1 fully saturated rings. The molecule has 1 aromatic carbocycles. The molecular weight excluding hydrogens is 299 g/mol. The standard InChI is InChI=1S/C13H18BrFN2O/c1-8-4-5-18-13(8)12(17-16)7-9-6-10(14)2-3-11(9)15/h2-3,6,8,12-13,17H,4-5,7,16H2,1H3. The van der Waals surface area contributed by atoms with E-state index in [-0.39, 0.29) is 18.0 Å². The summed E-state index contributed by atoms with van der Waals surface area (Å²) in [5.41, 5.74) is 3.41. The van der Waals surface area contributed by atoms with Crippen molar-refractivity contribution < 1.29 is 9.13 Å². The summed E-state index contributed by atoms with van der Waals surface area (Å²) < 4.78 is 20.3. The van der Waals surface area contributed by atoms with E-state index in [2.05, 4.69) is 28.3 Å². The lowest BCUT2D eigenvalue weighted by atomic mass is 9.93. The smallest absolute Gasteiger partial charge is 0.126 e. The highest BCUT2D eigenvalue weighted by atomic mass is 79.9. The predicted octanol–water partition coefficient (Wildman–Crippen LogP) is 2.39. The molecule has 0 spiro atoms. The number of ether oxygens (including phenoxy) is 1. The molecule has 100 valence electrons. The minimum absolute atomic E-state index is 0.0494. The Morgan fingerprint density at radius 1 is 1.61 bits per heavy atom. The molecule has 3 atom stereocenters. The predicted molar refractivity (Wildman–Crippen MR) is 72.4 cm³/mol. The van der Waals surface area contributed by atoms with Crippen LogP contribution in [0.5, 0.6) is 0 Å². The van der Waals surface area contributed by atoms with E-state index in [0.29, 0.717) is 17.9 Å². The molecule has 1 aromatic rings. The molecule has 0 bridgehead atoms. The fourth-order valence-electron chi connectivity index (χ4n) is 2.44. The summed E-state index contributed by atoms with van der Waals surface area (Å²) in [6.45, 7) is 2.89. The lowest BCUT2D eigenvalue weighted by Gasteiger charge is -2.25. The van der Waals surface area contributed by atoms with Gasteiger partial charge in [-0.1, -0.05) is 22.9 Å². The Labute approximate surface area is 115 Å². The van der Waals surface area contributed by atoms with Crippen LogP contribution in [-0.2, 0) is 11.2 Å². The van der Waals surface area contributed by atoms with Gasteiger partial charge in [0, 0.05) is 11.1 Å². The van der Waals surface area contributed by atoms with E-state index in [9.17, 15) is 4.39 Å². The van der Waals surface area contributed by atoms with Gasteiger partial charge >= 0.3 is 0 Å². The number of hydrogen-bond donors (Lipinski definition) is 2. The average Bonchev–Trinajstić information content (AvgIpc) is 2.77. The quantitative estimate of drug-likeness (QED) is 0.662. The topological polar surface area (TPSA) is 47.3 Å². The second-order valence-electron chi connectivity index (χ2n) is 4.81. The van der Waals surface area contributed by atoms with Crippen LogP contribution in [-0.4, -0.2) is 18.8 Å². The molecule has 1 saturated heterocycles. The highest BCUT2D eigenvalue weighted by molar-refractivity contribution is 9.10. The Balaban J connectivity index is 2.12. The molecule has 0 aliphatic carbocycles. The van der Waals surface area contributed by atoms with E-state index >= 15 is 0 Å². The number of rotatable bonds is 4. The van der Waals surface area contributed by atoms with Crippen LogP contribution >= 0.6 is 15.9 Å². The van der Waals surface area contributed by atoms with Crippen LogP contribution in [0.2, 0.25) is 0 Å². The molecule has 3 unspecified atom stereocenters. The number of nitrogens with one attached hydrogen (secondary N) is 1. The van der Waals surface area contributed by atoms with Crippen LogP contribution in [0.15, 0.2) is 22.7 Å². The average molecular weight is 317 g/mol. The number of benzene rings is 1. The lowest BCUT2D eigenvalue weighted by molar-refractivity contribution is 0.0608. The van der Waals surface area contributed by atoms with E-state index in [1.165, 1.54) is 6.07 Å². The Morgan fingerprint density at radius 3 is 3.00 bits per heavy atom. The first-order chi connectivity index (χ1) is 8.61. The highest BCUT2D eigenvalue weighted by Crippen LogP contribution is 2.25. The highest BCUT2D eigenvalue weighted by Gasteiger charge is 2.31. The molecule has 3 N–H and O–H groups in total. The van der Waals surface area contributed by atoms with Crippen LogP contribution in [0.25, 0.3) is 0 Å². The Morgan fingerprint density at radius 2 is 2.39 bits per heavy atom. The summed E-state index contributed by atoms with van der Waals surface area (Å²) in [4.78, 5) is 0. The molecule has 3 nitrogen and oxygen atoms in total. The van der Waals surface area contributed by atoms with Gasteiger partial charge in [-0.15, -0.1) is 0 Å². The van der Waals surface area contributed by atoms with Crippen molar-refractivity contribution in [2.75, 3.05) is 6.61 Å². The molecule has 18 heavy (non-hydrogen) atoms. The number of nitrogens with two attached hydrogens (primary N) is 1. The molecule has 2 rings (SSSR count). The zero-order valence-electron chi connectivity index (χ0n) is 10.3. The van der Waals surface area contributed by atoms with Crippen LogP contribution in [0.3, 0.4) is 0 Å². The van der Waals surface area contributed by atoms with Crippen molar-refractivity contribution in [1.82, 2.24) is 5.43 Å². The maximum atomic E-state index is 13.7. The van der Waals surface area contributed by atoms with E-state index in [0.717, 1.165) is 17.5 Å². The van der Waals surface area contributed by atoms with Crippen LogP contribution in [0, 0.1) is 11.7 Å². The minimum Gasteiger partial charge on any atom is -0.376 e. The summed E-state index contributed by atoms with van der Waals surface area (Å²) in [6.07, 6.45) is 1.61. The van der Waals surface area contributed by atoms with Crippen molar-refractivity contribution >= 4 is 15.9 Å². The largest absolute Gasteiger partial charge is 0.376 e. The lowest BCUT2D eigenvalue weighted by Crippen LogP contribution is -2.47.